The Morgan fingerprint density at radius 1 is 1.43 bits per heavy atom. The third kappa shape index (κ3) is 6.32. The minimum atomic E-state index is -3.56. The van der Waals surface area contributed by atoms with Crippen molar-refractivity contribution in [3.63, 3.8) is 0 Å². The van der Waals surface area contributed by atoms with Gasteiger partial charge in [0, 0.05) is 12.1 Å². The van der Waals surface area contributed by atoms with Crippen LogP contribution in [0.15, 0.2) is 20.0 Å². The first-order chi connectivity index (χ1) is 9.90. The van der Waals surface area contributed by atoms with Crippen LogP contribution in [0, 0.1) is 0 Å². The van der Waals surface area contributed by atoms with Gasteiger partial charge in [-0.2, -0.15) is 11.8 Å². The molecule has 21 heavy (non-hydrogen) atoms. The molecule has 0 aromatic carbocycles. The quantitative estimate of drug-likeness (QED) is 0.592. The highest BCUT2D eigenvalue weighted by atomic mass is 79.9. The Balaban J connectivity index is 2.71. The fourth-order valence-electron chi connectivity index (χ4n) is 1.71. The highest BCUT2D eigenvalue weighted by Gasteiger charge is 2.24. The standard InChI is InChI=1S/C13H23BrN2O3S2/c1-4-15-9-11-8-12(13(14)19-11)21(17,18)16-10(3)6-7-20-5-2/h8,10,15-16H,4-7,9H2,1-3H3. The number of hydrogen-bond donors (Lipinski definition) is 2. The molecule has 122 valence electrons. The average molecular weight is 399 g/mol. The van der Waals surface area contributed by atoms with Crippen LogP contribution < -0.4 is 10.0 Å². The molecule has 1 aromatic heterocycles. The van der Waals surface area contributed by atoms with Crippen LogP contribution in [0.4, 0.5) is 0 Å². The Hall–Kier alpha value is -0.0200. The average Bonchev–Trinajstić information content (AvgIpc) is 2.78. The fourth-order valence-corrected chi connectivity index (χ4v) is 4.79. The van der Waals surface area contributed by atoms with Crippen molar-refractivity contribution in [2.24, 2.45) is 0 Å². The summed E-state index contributed by atoms with van der Waals surface area (Å²) in [6, 6.07) is 1.45. The molecule has 0 saturated heterocycles. The minimum Gasteiger partial charge on any atom is -0.452 e. The summed E-state index contributed by atoms with van der Waals surface area (Å²) >= 11 is 4.98. The van der Waals surface area contributed by atoms with E-state index in [0.29, 0.717) is 12.3 Å². The maximum Gasteiger partial charge on any atom is 0.245 e. The molecule has 0 amide bonds. The van der Waals surface area contributed by atoms with Gasteiger partial charge in [-0.15, -0.1) is 0 Å². The normalized spacial score (nSPS) is 13.5. The lowest BCUT2D eigenvalue weighted by Crippen LogP contribution is -2.33. The number of furan rings is 1. The third-order valence-corrected chi connectivity index (χ3v) is 6.18. The Morgan fingerprint density at radius 3 is 2.76 bits per heavy atom. The minimum absolute atomic E-state index is 0.104. The number of rotatable bonds is 10. The summed E-state index contributed by atoms with van der Waals surface area (Å²) in [6.45, 7) is 7.25. The van der Waals surface area contributed by atoms with Gasteiger partial charge in [0.05, 0.1) is 6.54 Å². The van der Waals surface area contributed by atoms with Crippen molar-refractivity contribution in [2.45, 2.75) is 44.7 Å². The fraction of sp³-hybridized carbons (Fsp3) is 0.692. The van der Waals surface area contributed by atoms with E-state index < -0.39 is 10.0 Å². The van der Waals surface area contributed by atoms with Crippen molar-refractivity contribution in [3.8, 4) is 0 Å². The Morgan fingerprint density at radius 2 is 2.14 bits per heavy atom. The molecule has 0 fully saturated rings. The highest BCUT2D eigenvalue weighted by Crippen LogP contribution is 2.26. The van der Waals surface area contributed by atoms with Crippen molar-refractivity contribution < 1.29 is 12.8 Å². The molecule has 8 heteroatoms. The van der Waals surface area contributed by atoms with E-state index >= 15 is 0 Å². The van der Waals surface area contributed by atoms with Crippen molar-refractivity contribution >= 4 is 37.7 Å². The second-order valence-corrected chi connectivity index (χ2v) is 8.44. The van der Waals surface area contributed by atoms with Gasteiger partial charge >= 0.3 is 0 Å². The summed E-state index contributed by atoms with van der Waals surface area (Å²) in [4.78, 5) is 0.158. The van der Waals surface area contributed by atoms with E-state index in [9.17, 15) is 8.42 Å². The van der Waals surface area contributed by atoms with Crippen LogP contribution in [0.25, 0.3) is 0 Å². The molecule has 0 radical (unpaired) electrons. The Bertz CT molecular complexity index is 532. The zero-order valence-corrected chi connectivity index (χ0v) is 15.8. The monoisotopic (exact) mass is 398 g/mol. The van der Waals surface area contributed by atoms with Gasteiger partial charge in [0.2, 0.25) is 10.0 Å². The molecule has 1 atom stereocenters. The molecular formula is C13H23BrN2O3S2. The largest absolute Gasteiger partial charge is 0.452 e. The van der Waals surface area contributed by atoms with Crippen LogP contribution in [0.5, 0.6) is 0 Å². The van der Waals surface area contributed by atoms with E-state index in [2.05, 4.69) is 32.9 Å². The van der Waals surface area contributed by atoms with Crippen LogP contribution in [0.1, 0.15) is 33.0 Å². The number of nitrogens with one attached hydrogen (secondary N) is 2. The van der Waals surface area contributed by atoms with Crippen molar-refractivity contribution in [1.29, 1.82) is 0 Å². The molecule has 1 aromatic rings. The molecule has 1 heterocycles. The summed E-state index contributed by atoms with van der Waals surface area (Å²) in [7, 11) is -3.56. The molecule has 0 aliphatic heterocycles. The lowest BCUT2D eigenvalue weighted by molar-refractivity contribution is 0.463. The third-order valence-electron chi connectivity index (χ3n) is 2.80. The molecule has 1 rings (SSSR count). The van der Waals surface area contributed by atoms with Gasteiger partial charge in [0.15, 0.2) is 4.67 Å². The van der Waals surface area contributed by atoms with E-state index in [1.807, 2.05) is 13.8 Å². The summed E-state index contributed by atoms with van der Waals surface area (Å²) in [5, 5.41) is 3.10. The first-order valence-corrected chi connectivity index (χ1v) is 10.4. The smallest absolute Gasteiger partial charge is 0.245 e. The zero-order chi connectivity index (χ0) is 15.9. The van der Waals surface area contributed by atoms with E-state index in [1.54, 1.807) is 17.8 Å². The number of sulfonamides is 1. The van der Waals surface area contributed by atoms with Gasteiger partial charge in [0.1, 0.15) is 10.7 Å². The predicted molar refractivity (Wildman–Crippen MR) is 91.2 cm³/mol. The Kier molecular flexibility index (Phi) is 8.33. The molecule has 1 unspecified atom stereocenters. The molecule has 5 nitrogen and oxygen atoms in total. The number of halogens is 1. The van der Waals surface area contributed by atoms with Crippen LogP contribution >= 0.6 is 27.7 Å². The van der Waals surface area contributed by atoms with Crippen molar-refractivity contribution in [3.05, 3.63) is 16.5 Å². The number of hydrogen-bond acceptors (Lipinski definition) is 5. The SMILES string of the molecule is CCNCc1cc(S(=O)(=O)NC(C)CCSCC)c(Br)o1. The lowest BCUT2D eigenvalue weighted by Gasteiger charge is -2.13. The van der Waals surface area contributed by atoms with Crippen LogP contribution in [-0.4, -0.2) is 32.5 Å². The van der Waals surface area contributed by atoms with Gasteiger partial charge < -0.3 is 9.73 Å². The summed E-state index contributed by atoms with van der Waals surface area (Å²) < 4.78 is 33.1. The topological polar surface area (TPSA) is 71.3 Å². The predicted octanol–water partition coefficient (Wildman–Crippen LogP) is 2.96. The van der Waals surface area contributed by atoms with E-state index in [0.717, 1.165) is 24.5 Å². The van der Waals surface area contributed by atoms with Crippen LogP contribution in [-0.2, 0) is 16.6 Å². The van der Waals surface area contributed by atoms with Gasteiger partial charge in [0.25, 0.3) is 0 Å². The molecule has 2 N–H and O–H groups in total. The first-order valence-electron chi connectivity index (χ1n) is 6.99. The van der Waals surface area contributed by atoms with E-state index in [-0.39, 0.29) is 15.6 Å². The van der Waals surface area contributed by atoms with Crippen LogP contribution in [0.2, 0.25) is 0 Å². The lowest BCUT2D eigenvalue weighted by atomic mass is 10.3. The second-order valence-electron chi connectivity index (χ2n) is 4.64. The van der Waals surface area contributed by atoms with E-state index in [4.69, 9.17) is 4.42 Å². The summed E-state index contributed by atoms with van der Waals surface area (Å²) in [5.41, 5.74) is 0. The highest BCUT2D eigenvalue weighted by molar-refractivity contribution is 9.10. The van der Waals surface area contributed by atoms with E-state index in [1.165, 1.54) is 0 Å². The van der Waals surface area contributed by atoms with Gasteiger partial charge in [-0.1, -0.05) is 13.8 Å². The van der Waals surface area contributed by atoms with Gasteiger partial charge in [-0.3, -0.25) is 0 Å². The maximum absolute atomic E-state index is 12.4. The van der Waals surface area contributed by atoms with Crippen LogP contribution in [0.3, 0.4) is 0 Å². The number of thioether (sulfide) groups is 1. The zero-order valence-electron chi connectivity index (χ0n) is 12.6. The first kappa shape index (κ1) is 19.0. The molecule has 0 aliphatic rings. The van der Waals surface area contributed by atoms with Crippen molar-refractivity contribution in [1.82, 2.24) is 10.0 Å². The van der Waals surface area contributed by atoms with Gasteiger partial charge in [-0.25, -0.2) is 13.1 Å². The molecule has 0 aliphatic carbocycles. The summed E-state index contributed by atoms with van der Waals surface area (Å²) in [6.07, 6.45) is 0.803. The summed E-state index contributed by atoms with van der Waals surface area (Å²) in [5.74, 6) is 2.58. The molecular weight excluding hydrogens is 376 g/mol. The second kappa shape index (κ2) is 9.19. The molecule has 0 bridgehead atoms. The van der Waals surface area contributed by atoms with Crippen molar-refractivity contribution in [2.75, 3.05) is 18.1 Å². The molecule has 0 spiro atoms. The maximum atomic E-state index is 12.4. The molecule has 0 saturated carbocycles. The Labute approximate surface area is 139 Å². The van der Waals surface area contributed by atoms with Gasteiger partial charge in [-0.05, 0) is 47.3 Å².